The van der Waals surface area contributed by atoms with Gasteiger partial charge in [-0.25, -0.2) is 4.98 Å². The van der Waals surface area contributed by atoms with E-state index >= 15 is 0 Å². The Bertz CT molecular complexity index is 1500. The van der Waals surface area contributed by atoms with Crippen molar-refractivity contribution < 1.29 is 4.79 Å². The summed E-state index contributed by atoms with van der Waals surface area (Å²) in [6, 6.07) is 9.66. The van der Waals surface area contributed by atoms with Gasteiger partial charge in [0.15, 0.2) is 0 Å². The van der Waals surface area contributed by atoms with Crippen LogP contribution in [0.2, 0.25) is 10.0 Å². The second-order valence-electron chi connectivity index (χ2n) is 8.18. The van der Waals surface area contributed by atoms with Crippen LogP contribution < -0.4 is 0 Å². The number of benzene rings is 1. The van der Waals surface area contributed by atoms with Gasteiger partial charge >= 0.3 is 0 Å². The lowest BCUT2D eigenvalue weighted by Gasteiger charge is -2.10. The lowest BCUT2D eigenvalue weighted by molar-refractivity contribution is -0.117. The minimum atomic E-state index is 0.194. The molecule has 1 saturated heterocycles. The first kappa shape index (κ1) is 20.2. The molecule has 1 amide bonds. The molecule has 5 heterocycles. The van der Waals surface area contributed by atoms with E-state index in [-0.39, 0.29) is 6.04 Å². The summed E-state index contributed by atoms with van der Waals surface area (Å²) < 4.78 is 3.90. The first-order valence-electron chi connectivity index (χ1n) is 10.6. The fraction of sp³-hybridized carbons (Fsp3) is 0.167. The average molecular weight is 477 g/mol. The van der Waals surface area contributed by atoms with Crippen LogP contribution in [0.5, 0.6) is 0 Å². The lowest BCUT2D eigenvalue weighted by atomic mass is 10.1. The van der Waals surface area contributed by atoms with Gasteiger partial charge in [0.05, 0.1) is 33.5 Å². The Morgan fingerprint density at radius 3 is 2.70 bits per heavy atom. The molecular formula is C24H18Cl2N6O. The van der Waals surface area contributed by atoms with E-state index in [1.165, 1.54) is 0 Å². The van der Waals surface area contributed by atoms with Crippen molar-refractivity contribution in [2.45, 2.75) is 12.5 Å². The molecule has 1 aliphatic rings. The fourth-order valence-corrected chi connectivity index (χ4v) is 5.02. The molecule has 1 aromatic carbocycles. The summed E-state index contributed by atoms with van der Waals surface area (Å²) in [6.45, 7) is 1.44. The van der Waals surface area contributed by atoms with Crippen LogP contribution in [0.25, 0.3) is 38.9 Å². The summed E-state index contributed by atoms with van der Waals surface area (Å²) >= 11 is 12.8. The van der Waals surface area contributed by atoms with Crippen molar-refractivity contribution in [1.29, 1.82) is 0 Å². The second kappa shape index (κ2) is 7.86. The number of imidazole rings is 1. The van der Waals surface area contributed by atoms with E-state index in [1.54, 1.807) is 17.0 Å². The molecule has 5 aromatic rings. The van der Waals surface area contributed by atoms with Gasteiger partial charge in [0.1, 0.15) is 5.65 Å². The second-order valence-corrected chi connectivity index (χ2v) is 8.99. The van der Waals surface area contributed by atoms with E-state index in [0.29, 0.717) is 27.8 Å². The Balaban J connectivity index is 1.42. The van der Waals surface area contributed by atoms with E-state index in [4.69, 9.17) is 28.2 Å². The number of pyridine rings is 2. The number of nitrogens with zero attached hydrogens (tertiary/aromatic N) is 6. The predicted molar refractivity (Wildman–Crippen MR) is 128 cm³/mol. The Hall–Kier alpha value is -3.42. The minimum absolute atomic E-state index is 0.194. The van der Waals surface area contributed by atoms with Crippen LogP contribution in [0.1, 0.15) is 12.5 Å². The van der Waals surface area contributed by atoms with Crippen molar-refractivity contribution in [3.05, 3.63) is 71.4 Å². The van der Waals surface area contributed by atoms with Crippen LogP contribution in [-0.2, 0) is 4.79 Å². The van der Waals surface area contributed by atoms with Crippen LogP contribution in [0.4, 0.5) is 0 Å². The van der Waals surface area contributed by atoms with Crippen LogP contribution in [0.3, 0.4) is 0 Å². The maximum absolute atomic E-state index is 11.0. The normalized spacial score (nSPS) is 16.2. The highest BCUT2D eigenvalue weighted by molar-refractivity contribution is 6.39. The number of carbonyl (C=O) groups excluding carboxylic acids is 1. The molecule has 1 fully saturated rings. The van der Waals surface area contributed by atoms with E-state index < -0.39 is 0 Å². The molecule has 0 saturated carbocycles. The molecular weight excluding hydrogens is 459 g/mol. The summed E-state index contributed by atoms with van der Waals surface area (Å²) in [4.78, 5) is 22.3. The number of carbonyl (C=O) groups is 1. The van der Waals surface area contributed by atoms with E-state index in [0.717, 1.165) is 47.1 Å². The van der Waals surface area contributed by atoms with Gasteiger partial charge in [0.2, 0.25) is 6.41 Å². The molecule has 33 heavy (non-hydrogen) atoms. The van der Waals surface area contributed by atoms with Crippen LogP contribution >= 0.6 is 23.2 Å². The number of rotatable bonds is 4. The molecule has 4 aromatic heterocycles. The molecule has 1 unspecified atom stereocenters. The standard InChI is InChI=1S/C24H18Cl2N6O/c25-19-2-1-3-20(26)23(19)22-13-31-7-5-21-18(24(31)29-22)8-15(9-27-21)16-10-28-32(11-16)17-4-6-30(12-17)14-33/h1-3,5,7-11,13-14,17H,4,6,12H2. The highest BCUT2D eigenvalue weighted by atomic mass is 35.5. The summed E-state index contributed by atoms with van der Waals surface area (Å²) in [5, 5.41) is 6.58. The number of hydrogen-bond donors (Lipinski definition) is 0. The van der Waals surface area contributed by atoms with Crippen molar-refractivity contribution >= 4 is 46.2 Å². The van der Waals surface area contributed by atoms with Crippen molar-refractivity contribution in [2.75, 3.05) is 13.1 Å². The highest BCUT2D eigenvalue weighted by Gasteiger charge is 2.23. The van der Waals surface area contributed by atoms with Gasteiger partial charge in [-0.2, -0.15) is 5.10 Å². The van der Waals surface area contributed by atoms with Gasteiger partial charge in [-0.05, 0) is 30.7 Å². The monoisotopic (exact) mass is 476 g/mol. The van der Waals surface area contributed by atoms with Gasteiger partial charge in [0, 0.05) is 60.0 Å². The van der Waals surface area contributed by atoms with Gasteiger partial charge in [-0.3, -0.25) is 14.5 Å². The molecule has 164 valence electrons. The smallest absolute Gasteiger partial charge is 0.209 e. The average Bonchev–Trinajstić information content (AvgIpc) is 3.57. The van der Waals surface area contributed by atoms with Gasteiger partial charge in [0.25, 0.3) is 0 Å². The van der Waals surface area contributed by atoms with Crippen molar-refractivity contribution in [2.24, 2.45) is 0 Å². The van der Waals surface area contributed by atoms with E-state index in [2.05, 4.69) is 16.1 Å². The highest BCUT2D eigenvalue weighted by Crippen LogP contribution is 2.35. The Labute approximate surface area is 199 Å². The maximum Gasteiger partial charge on any atom is 0.209 e. The molecule has 1 aliphatic heterocycles. The molecule has 6 rings (SSSR count). The quantitative estimate of drug-likeness (QED) is 0.337. The first-order chi connectivity index (χ1) is 16.1. The first-order valence-corrected chi connectivity index (χ1v) is 11.3. The number of aromatic nitrogens is 5. The number of halogens is 2. The summed E-state index contributed by atoms with van der Waals surface area (Å²) in [5.74, 6) is 0. The Kier molecular flexibility index (Phi) is 4.81. The minimum Gasteiger partial charge on any atom is -0.343 e. The lowest BCUT2D eigenvalue weighted by Crippen LogP contribution is -2.19. The Morgan fingerprint density at radius 2 is 1.91 bits per heavy atom. The topological polar surface area (TPSA) is 68.3 Å². The van der Waals surface area contributed by atoms with Crippen LogP contribution in [-0.4, -0.2) is 48.5 Å². The zero-order valence-corrected chi connectivity index (χ0v) is 18.9. The zero-order valence-electron chi connectivity index (χ0n) is 17.4. The van der Waals surface area contributed by atoms with Gasteiger partial charge < -0.3 is 9.30 Å². The van der Waals surface area contributed by atoms with Crippen LogP contribution in [0.15, 0.2) is 61.3 Å². The summed E-state index contributed by atoms with van der Waals surface area (Å²) in [7, 11) is 0. The third kappa shape index (κ3) is 3.44. The van der Waals surface area contributed by atoms with Gasteiger partial charge in [-0.1, -0.05) is 29.3 Å². The molecule has 0 N–H and O–H groups in total. The fourth-order valence-electron chi connectivity index (χ4n) is 4.43. The number of fused-ring (bicyclic) bond motifs is 3. The Morgan fingerprint density at radius 1 is 1.06 bits per heavy atom. The molecule has 7 nitrogen and oxygen atoms in total. The third-order valence-corrected chi connectivity index (χ3v) is 6.79. The van der Waals surface area contributed by atoms with Gasteiger partial charge in [-0.15, -0.1) is 0 Å². The van der Waals surface area contributed by atoms with Crippen LogP contribution in [0, 0.1) is 0 Å². The zero-order chi connectivity index (χ0) is 22.5. The van der Waals surface area contributed by atoms with Crippen molar-refractivity contribution in [1.82, 2.24) is 29.0 Å². The van der Waals surface area contributed by atoms with E-state index in [9.17, 15) is 4.79 Å². The maximum atomic E-state index is 11.0. The molecule has 1 atom stereocenters. The molecule has 0 aliphatic carbocycles. The largest absolute Gasteiger partial charge is 0.343 e. The van der Waals surface area contributed by atoms with Crippen molar-refractivity contribution in [3.8, 4) is 22.4 Å². The molecule has 9 heteroatoms. The molecule has 0 bridgehead atoms. The number of hydrogen-bond acceptors (Lipinski definition) is 4. The molecule has 0 spiro atoms. The summed E-state index contributed by atoms with van der Waals surface area (Å²) in [5.41, 5.74) is 4.96. The third-order valence-electron chi connectivity index (χ3n) is 6.16. The number of amides is 1. The molecule has 0 radical (unpaired) electrons. The van der Waals surface area contributed by atoms with Crippen molar-refractivity contribution in [3.63, 3.8) is 0 Å². The van der Waals surface area contributed by atoms with E-state index in [1.807, 2.05) is 52.2 Å². The summed E-state index contributed by atoms with van der Waals surface area (Å²) in [6.07, 6.45) is 11.4. The SMILES string of the molecule is O=CN1CCC(n2cc(-c3cnc4ccn5cc(-c6c(Cl)cccc6Cl)nc5c4c3)cn2)C1. The number of likely N-dealkylation sites (tertiary alicyclic amines) is 1. The predicted octanol–water partition coefficient (Wildman–Crippen LogP) is 5.12.